The zero-order valence-corrected chi connectivity index (χ0v) is 10.2. The molecule has 18 heavy (non-hydrogen) atoms. The minimum atomic E-state index is 0.306. The van der Waals surface area contributed by atoms with Gasteiger partial charge >= 0.3 is 0 Å². The molecule has 1 aromatic heterocycles. The Bertz CT molecular complexity index is 495. The van der Waals surface area contributed by atoms with E-state index in [0.717, 1.165) is 29.9 Å². The summed E-state index contributed by atoms with van der Waals surface area (Å²) in [6, 6.07) is 7.31. The second-order valence-corrected chi connectivity index (χ2v) is 4.14. The van der Waals surface area contributed by atoms with Crippen LogP contribution in [0.25, 0.3) is 0 Å². The number of H-pyrrole nitrogens is 1. The molecule has 0 aliphatic rings. The van der Waals surface area contributed by atoms with E-state index < -0.39 is 0 Å². The molecule has 0 atom stereocenters. The molecule has 0 saturated carbocycles. The zero-order valence-electron chi connectivity index (χ0n) is 10.2. The van der Waals surface area contributed by atoms with Crippen molar-refractivity contribution in [3.63, 3.8) is 0 Å². The Kier molecular flexibility index (Phi) is 4.20. The van der Waals surface area contributed by atoms with Crippen LogP contribution < -0.4 is 11.1 Å². The molecule has 0 bridgehead atoms. The van der Waals surface area contributed by atoms with Gasteiger partial charge in [-0.1, -0.05) is 18.2 Å². The topological polar surface area (TPSA) is 87.0 Å². The number of aromatic nitrogens is 2. The molecule has 0 saturated heterocycles. The normalized spacial score (nSPS) is 10.5. The van der Waals surface area contributed by atoms with Crippen molar-refractivity contribution >= 4 is 5.69 Å². The van der Waals surface area contributed by atoms with E-state index >= 15 is 0 Å². The Balaban J connectivity index is 2.05. The van der Waals surface area contributed by atoms with Gasteiger partial charge in [-0.3, -0.25) is 5.10 Å². The molecule has 5 N–H and O–H groups in total. The molecule has 5 nitrogen and oxygen atoms in total. The van der Waals surface area contributed by atoms with Gasteiger partial charge < -0.3 is 16.2 Å². The third-order valence-electron chi connectivity index (χ3n) is 2.77. The summed E-state index contributed by atoms with van der Waals surface area (Å²) in [5.74, 6) is 0.306. The lowest BCUT2D eigenvalue weighted by atomic mass is 10.1. The van der Waals surface area contributed by atoms with E-state index in [9.17, 15) is 5.11 Å². The molecule has 2 aromatic rings. The summed E-state index contributed by atoms with van der Waals surface area (Å²) in [5.41, 5.74) is 8.26. The van der Waals surface area contributed by atoms with Crippen LogP contribution in [0.5, 0.6) is 5.75 Å². The number of aromatic amines is 1. The van der Waals surface area contributed by atoms with Crippen LogP contribution in [-0.2, 0) is 6.42 Å². The molecule has 1 heterocycles. The van der Waals surface area contributed by atoms with E-state index in [2.05, 4.69) is 15.5 Å². The largest absolute Gasteiger partial charge is 0.508 e. The van der Waals surface area contributed by atoms with E-state index in [1.54, 1.807) is 12.3 Å². The maximum absolute atomic E-state index is 9.74. The maximum Gasteiger partial charge on any atom is 0.119 e. The average Bonchev–Trinajstić information content (AvgIpc) is 2.80. The second-order valence-electron chi connectivity index (χ2n) is 4.14. The minimum absolute atomic E-state index is 0.306. The number of rotatable bonds is 6. The Morgan fingerprint density at radius 3 is 2.94 bits per heavy atom. The minimum Gasteiger partial charge on any atom is -0.508 e. The Hall–Kier alpha value is -2.01. The number of nitrogens with zero attached hydrogens (tertiary/aromatic N) is 1. The average molecular weight is 246 g/mol. The third-order valence-corrected chi connectivity index (χ3v) is 2.77. The van der Waals surface area contributed by atoms with Crippen LogP contribution in [0.4, 0.5) is 5.69 Å². The summed E-state index contributed by atoms with van der Waals surface area (Å²) in [6.07, 6.45) is 3.30. The SMILES string of the molecule is NCCCNc1cn[nH]c1Cc1ccccc1O. The number of aromatic hydroxyl groups is 1. The highest BCUT2D eigenvalue weighted by Gasteiger charge is 2.07. The monoisotopic (exact) mass is 246 g/mol. The van der Waals surface area contributed by atoms with Gasteiger partial charge in [0.1, 0.15) is 5.75 Å². The maximum atomic E-state index is 9.74. The number of anilines is 1. The lowest BCUT2D eigenvalue weighted by Crippen LogP contribution is -2.09. The highest BCUT2D eigenvalue weighted by atomic mass is 16.3. The highest BCUT2D eigenvalue weighted by Crippen LogP contribution is 2.22. The van der Waals surface area contributed by atoms with E-state index in [1.165, 1.54) is 0 Å². The molecule has 0 fully saturated rings. The van der Waals surface area contributed by atoms with E-state index in [1.807, 2.05) is 18.2 Å². The van der Waals surface area contributed by atoms with Crippen LogP contribution in [0.1, 0.15) is 17.7 Å². The first-order valence-corrected chi connectivity index (χ1v) is 6.04. The van der Waals surface area contributed by atoms with E-state index in [-0.39, 0.29) is 0 Å². The number of phenols is 1. The summed E-state index contributed by atoms with van der Waals surface area (Å²) in [4.78, 5) is 0. The number of hydrogen-bond acceptors (Lipinski definition) is 4. The zero-order chi connectivity index (χ0) is 12.8. The van der Waals surface area contributed by atoms with Gasteiger partial charge in [0.15, 0.2) is 0 Å². The summed E-state index contributed by atoms with van der Waals surface area (Å²) >= 11 is 0. The van der Waals surface area contributed by atoms with Crippen molar-refractivity contribution < 1.29 is 5.11 Å². The smallest absolute Gasteiger partial charge is 0.119 e. The van der Waals surface area contributed by atoms with Gasteiger partial charge in [0.25, 0.3) is 0 Å². The van der Waals surface area contributed by atoms with E-state index in [0.29, 0.717) is 18.7 Å². The van der Waals surface area contributed by atoms with Crippen LogP contribution in [0, 0.1) is 0 Å². The van der Waals surface area contributed by atoms with Crippen molar-refractivity contribution in [2.24, 2.45) is 5.73 Å². The van der Waals surface area contributed by atoms with Crippen molar-refractivity contribution in [2.45, 2.75) is 12.8 Å². The number of nitrogens with one attached hydrogen (secondary N) is 2. The van der Waals surface area contributed by atoms with Gasteiger partial charge in [-0.2, -0.15) is 5.10 Å². The number of para-hydroxylation sites is 1. The van der Waals surface area contributed by atoms with Gasteiger partial charge in [0.2, 0.25) is 0 Å². The number of phenolic OH excluding ortho intramolecular Hbond substituents is 1. The number of benzene rings is 1. The van der Waals surface area contributed by atoms with Gasteiger partial charge in [-0.05, 0) is 24.6 Å². The molecular weight excluding hydrogens is 228 g/mol. The van der Waals surface area contributed by atoms with Crippen molar-refractivity contribution in [2.75, 3.05) is 18.4 Å². The molecule has 0 aliphatic heterocycles. The predicted molar refractivity (Wildman–Crippen MR) is 71.7 cm³/mol. The Labute approximate surface area is 106 Å². The Morgan fingerprint density at radius 1 is 1.33 bits per heavy atom. The first-order valence-electron chi connectivity index (χ1n) is 6.04. The van der Waals surface area contributed by atoms with Crippen LogP contribution in [-0.4, -0.2) is 28.4 Å². The lowest BCUT2D eigenvalue weighted by molar-refractivity contribution is 0.469. The first-order chi connectivity index (χ1) is 8.81. The third kappa shape index (κ3) is 3.01. The van der Waals surface area contributed by atoms with Gasteiger partial charge in [0.05, 0.1) is 17.6 Å². The summed E-state index contributed by atoms with van der Waals surface area (Å²) in [7, 11) is 0. The number of hydrogen-bond donors (Lipinski definition) is 4. The molecule has 0 spiro atoms. The lowest BCUT2D eigenvalue weighted by Gasteiger charge is -2.07. The molecule has 0 unspecified atom stereocenters. The summed E-state index contributed by atoms with van der Waals surface area (Å²) in [5, 5.41) is 20.0. The van der Waals surface area contributed by atoms with Gasteiger partial charge in [-0.25, -0.2) is 0 Å². The quantitative estimate of drug-likeness (QED) is 0.581. The fraction of sp³-hybridized carbons (Fsp3) is 0.308. The molecular formula is C13H18N4O. The molecule has 5 heteroatoms. The molecule has 0 amide bonds. The molecule has 96 valence electrons. The standard InChI is InChI=1S/C13H18N4O/c14-6-3-7-15-12-9-16-17-11(12)8-10-4-1-2-5-13(10)18/h1-2,4-5,9,15,18H,3,6-8,14H2,(H,16,17). The summed E-state index contributed by atoms with van der Waals surface area (Å²) in [6.45, 7) is 1.49. The number of nitrogens with two attached hydrogens (primary N) is 1. The summed E-state index contributed by atoms with van der Waals surface area (Å²) < 4.78 is 0. The highest BCUT2D eigenvalue weighted by molar-refractivity contribution is 5.49. The van der Waals surface area contributed by atoms with Gasteiger partial charge in [-0.15, -0.1) is 0 Å². The molecule has 2 rings (SSSR count). The van der Waals surface area contributed by atoms with Crippen LogP contribution in [0.2, 0.25) is 0 Å². The van der Waals surface area contributed by atoms with Crippen LogP contribution in [0.3, 0.4) is 0 Å². The fourth-order valence-corrected chi connectivity index (χ4v) is 1.78. The van der Waals surface area contributed by atoms with Gasteiger partial charge in [0, 0.05) is 13.0 Å². The molecule has 1 aromatic carbocycles. The second kappa shape index (κ2) is 6.07. The van der Waals surface area contributed by atoms with Crippen LogP contribution >= 0.6 is 0 Å². The fourth-order valence-electron chi connectivity index (χ4n) is 1.78. The van der Waals surface area contributed by atoms with Crippen molar-refractivity contribution in [3.8, 4) is 5.75 Å². The van der Waals surface area contributed by atoms with Crippen molar-refractivity contribution in [1.29, 1.82) is 0 Å². The molecule has 0 aliphatic carbocycles. The first kappa shape index (κ1) is 12.4. The van der Waals surface area contributed by atoms with Crippen LogP contribution in [0.15, 0.2) is 30.5 Å². The van der Waals surface area contributed by atoms with E-state index in [4.69, 9.17) is 5.73 Å². The van der Waals surface area contributed by atoms with Crippen molar-refractivity contribution in [3.05, 3.63) is 41.7 Å². The van der Waals surface area contributed by atoms with Crippen molar-refractivity contribution in [1.82, 2.24) is 10.2 Å². The molecule has 0 radical (unpaired) electrons. The predicted octanol–water partition coefficient (Wildman–Crippen LogP) is 1.47. The Morgan fingerprint density at radius 2 is 2.17 bits per heavy atom.